The second kappa shape index (κ2) is 6.26. The summed E-state index contributed by atoms with van der Waals surface area (Å²) >= 11 is 0. The van der Waals surface area contributed by atoms with E-state index in [1.54, 1.807) is 0 Å². The van der Waals surface area contributed by atoms with Crippen molar-refractivity contribution in [2.24, 2.45) is 10.4 Å². The van der Waals surface area contributed by atoms with Crippen LogP contribution in [-0.2, 0) is 12.0 Å². The maximum absolute atomic E-state index is 5.32. The van der Waals surface area contributed by atoms with E-state index in [0.717, 1.165) is 25.6 Å². The van der Waals surface area contributed by atoms with Crippen LogP contribution >= 0.6 is 0 Å². The largest absolute Gasteiger partial charge is 0.357 e. The molecule has 0 amide bonds. The van der Waals surface area contributed by atoms with E-state index in [2.05, 4.69) is 66.9 Å². The number of rotatable bonds is 3. The van der Waals surface area contributed by atoms with Crippen molar-refractivity contribution in [3.63, 3.8) is 0 Å². The van der Waals surface area contributed by atoms with Crippen molar-refractivity contribution in [2.75, 3.05) is 19.6 Å². The van der Waals surface area contributed by atoms with E-state index in [1.165, 1.54) is 6.42 Å². The molecule has 1 aliphatic rings. The second-order valence-electron chi connectivity index (χ2n) is 7.77. The normalized spacial score (nSPS) is 18.8. The molecule has 2 rings (SSSR count). The Morgan fingerprint density at radius 3 is 2.64 bits per heavy atom. The molecule has 1 aromatic heterocycles. The molecule has 2 heterocycles. The number of likely N-dealkylation sites (tertiary alicyclic amines) is 1. The highest BCUT2D eigenvalue weighted by molar-refractivity contribution is 5.80. The Morgan fingerprint density at radius 2 is 2.14 bits per heavy atom. The summed E-state index contributed by atoms with van der Waals surface area (Å²) in [4.78, 5) is 11.4. The van der Waals surface area contributed by atoms with E-state index >= 15 is 0 Å². The second-order valence-corrected chi connectivity index (χ2v) is 7.77. The van der Waals surface area contributed by atoms with Crippen molar-refractivity contribution in [1.29, 1.82) is 0 Å². The third-order valence-corrected chi connectivity index (χ3v) is 3.79. The summed E-state index contributed by atoms with van der Waals surface area (Å²) in [5.74, 6) is 2.24. The molecule has 0 radical (unpaired) electrons. The predicted molar refractivity (Wildman–Crippen MR) is 87.8 cm³/mol. The lowest BCUT2D eigenvalue weighted by Crippen LogP contribution is -2.40. The summed E-state index contributed by atoms with van der Waals surface area (Å²) in [6, 6.07) is 0. The van der Waals surface area contributed by atoms with Gasteiger partial charge in [-0.05, 0) is 18.8 Å². The number of aliphatic imine (C=N–C) groups is 1. The lowest BCUT2D eigenvalue weighted by Gasteiger charge is -2.23. The van der Waals surface area contributed by atoms with Crippen molar-refractivity contribution in [3.8, 4) is 0 Å². The van der Waals surface area contributed by atoms with Crippen LogP contribution < -0.4 is 5.32 Å². The highest BCUT2D eigenvalue weighted by Crippen LogP contribution is 2.28. The molecule has 22 heavy (non-hydrogen) atoms. The van der Waals surface area contributed by atoms with Crippen LogP contribution in [0.2, 0.25) is 0 Å². The molecule has 0 aromatic carbocycles. The van der Waals surface area contributed by atoms with Gasteiger partial charge in [0.1, 0.15) is 6.54 Å². The fourth-order valence-electron chi connectivity index (χ4n) is 2.49. The summed E-state index contributed by atoms with van der Waals surface area (Å²) in [7, 11) is 0. The smallest absolute Gasteiger partial charge is 0.232 e. The molecule has 1 saturated heterocycles. The summed E-state index contributed by atoms with van der Waals surface area (Å²) in [6.07, 6.45) is 1.19. The lowest BCUT2D eigenvalue weighted by molar-refractivity contribution is 0.318. The molecule has 124 valence electrons. The molecule has 0 saturated carbocycles. The van der Waals surface area contributed by atoms with Gasteiger partial charge in [0.05, 0.1) is 0 Å². The zero-order valence-corrected chi connectivity index (χ0v) is 14.7. The predicted octanol–water partition coefficient (Wildman–Crippen LogP) is 2.56. The molecule has 0 bridgehead atoms. The van der Waals surface area contributed by atoms with Crippen LogP contribution in [0.1, 0.15) is 59.7 Å². The van der Waals surface area contributed by atoms with Crippen LogP contribution in [0.25, 0.3) is 0 Å². The maximum atomic E-state index is 5.32. The highest BCUT2D eigenvalue weighted by Gasteiger charge is 2.31. The van der Waals surface area contributed by atoms with Crippen LogP contribution in [-0.4, -0.2) is 40.6 Å². The standard InChI is InChI=1S/C16H29N5O/c1-7-17-14(21-9-8-16(5,6)11-21)18-10-12-19-13(22-20-12)15(2,3)4/h7-11H2,1-6H3,(H,17,18). The summed E-state index contributed by atoms with van der Waals surface area (Å²) in [5.41, 5.74) is 0.222. The van der Waals surface area contributed by atoms with Gasteiger partial charge in [0.2, 0.25) is 5.89 Å². The summed E-state index contributed by atoms with van der Waals surface area (Å²) < 4.78 is 5.32. The Labute approximate surface area is 133 Å². The molecule has 1 aliphatic heterocycles. The maximum Gasteiger partial charge on any atom is 0.232 e. The van der Waals surface area contributed by atoms with Gasteiger partial charge in [0.25, 0.3) is 0 Å². The van der Waals surface area contributed by atoms with Crippen molar-refractivity contribution < 1.29 is 4.52 Å². The third-order valence-electron chi connectivity index (χ3n) is 3.79. The van der Waals surface area contributed by atoms with E-state index in [0.29, 0.717) is 23.7 Å². The van der Waals surface area contributed by atoms with E-state index in [1.807, 2.05) is 0 Å². The molecule has 0 aliphatic carbocycles. The number of aromatic nitrogens is 2. The van der Waals surface area contributed by atoms with Gasteiger partial charge >= 0.3 is 0 Å². The van der Waals surface area contributed by atoms with Crippen molar-refractivity contribution >= 4 is 5.96 Å². The molecule has 0 spiro atoms. The van der Waals surface area contributed by atoms with Crippen LogP contribution in [0, 0.1) is 5.41 Å². The van der Waals surface area contributed by atoms with Gasteiger partial charge in [0, 0.05) is 25.0 Å². The lowest BCUT2D eigenvalue weighted by atomic mass is 9.93. The monoisotopic (exact) mass is 307 g/mol. The number of nitrogens with one attached hydrogen (secondary N) is 1. The fourth-order valence-corrected chi connectivity index (χ4v) is 2.49. The average molecular weight is 307 g/mol. The number of nitrogens with zero attached hydrogens (tertiary/aromatic N) is 4. The Bertz CT molecular complexity index is 527. The Balaban J connectivity index is 2.06. The zero-order valence-electron chi connectivity index (χ0n) is 14.7. The van der Waals surface area contributed by atoms with Gasteiger partial charge in [-0.2, -0.15) is 4.98 Å². The molecular formula is C16H29N5O. The molecule has 6 heteroatoms. The van der Waals surface area contributed by atoms with Gasteiger partial charge in [-0.1, -0.05) is 39.8 Å². The van der Waals surface area contributed by atoms with Gasteiger partial charge in [-0.3, -0.25) is 0 Å². The van der Waals surface area contributed by atoms with Crippen LogP contribution in [0.4, 0.5) is 0 Å². The van der Waals surface area contributed by atoms with E-state index in [9.17, 15) is 0 Å². The minimum Gasteiger partial charge on any atom is -0.357 e. The van der Waals surface area contributed by atoms with Crippen LogP contribution in [0.5, 0.6) is 0 Å². The minimum absolute atomic E-state index is 0.127. The molecule has 0 atom stereocenters. The van der Waals surface area contributed by atoms with Crippen LogP contribution in [0.3, 0.4) is 0 Å². The SMILES string of the molecule is CCNC(=NCc1noc(C(C)(C)C)n1)N1CCC(C)(C)C1. The van der Waals surface area contributed by atoms with Crippen molar-refractivity contribution in [2.45, 2.75) is 59.9 Å². The van der Waals surface area contributed by atoms with Crippen molar-refractivity contribution in [1.82, 2.24) is 20.4 Å². The molecule has 1 N–H and O–H groups in total. The zero-order chi connectivity index (χ0) is 16.4. The molecule has 1 aromatic rings. The number of hydrogen-bond donors (Lipinski definition) is 1. The Hall–Kier alpha value is -1.59. The molecule has 1 fully saturated rings. The number of hydrogen-bond acceptors (Lipinski definition) is 4. The van der Waals surface area contributed by atoms with Gasteiger partial charge < -0.3 is 14.7 Å². The van der Waals surface area contributed by atoms with E-state index < -0.39 is 0 Å². The fraction of sp³-hybridized carbons (Fsp3) is 0.812. The van der Waals surface area contributed by atoms with Gasteiger partial charge in [0.15, 0.2) is 11.8 Å². The first-order valence-electron chi connectivity index (χ1n) is 8.07. The van der Waals surface area contributed by atoms with Gasteiger partial charge in [-0.15, -0.1) is 0 Å². The summed E-state index contributed by atoms with van der Waals surface area (Å²) in [5, 5.41) is 7.39. The average Bonchev–Trinajstić information content (AvgIpc) is 3.00. The quantitative estimate of drug-likeness (QED) is 0.686. The minimum atomic E-state index is -0.127. The topological polar surface area (TPSA) is 66.5 Å². The molecular weight excluding hydrogens is 278 g/mol. The van der Waals surface area contributed by atoms with Gasteiger partial charge in [-0.25, -0.2) is 4.99 Å². The highest BCUT2D eigenvalue weighted by atomic mass is 16.5. The summed E-state index contributed by atoms with van der Waals surface area (Å²) in [6.45, 7) is 16.2. The molecule has 0 unspecified atom stereocenters. The van der Waals surface area contributed by atoms with E-state index in [4.69, 9.17) is 4.52 Å². The van der Waals surface area contributed by atoms with E-state index in [-0.39, 0.29) is 5.41 Å². The van der Waals surface area contributed by atoms with Crippen molar-refractivity contribution in [3.05, 3.63) is 11.7 Å². The third kappa shape index (κ3) is 4.21. The molecule has 6 nitrogen and oxygen atoms in total. The first kappa shape index (κ1) is 16.8. The number of guanidine groups is 1. The Morgan fingerprint density at radius 1 is 1.41 bits per heavy atom. The first-order valence-corrected chi connectivity index (χ1v) is 8.07. The first-order chi connectivity index (χ1) is 10.2. The van der Waals surface area contributed by atoms with Crippen LogP contribution in [0.15, 0.2) is 9.52 Å². The Kier molecular flexibility index (Phi) is 4.78.